The summed E-state index contributed by atoms with van der Waals surface area (Å²) in [6, 6.07) is 9.38. The Hall–Kier alpha value is -2.47. The maximum Gasteiger partial charge on any atom is 0.188 e. The lowest BCUT2D eigenvalue weighted by Crippen LogP contribution is -1.88. The summed E-state index contributed by atoms with van der Waals surface area (Å²) in [4.78, 5) is 11.5. The number of rotatable bonds is 2. The van der Waals surface area contributed by atoms with Gasteiger partial charge in [-0.2, -0.15) is 0 Å². The van der Waals surface area contributed by atoms with Crippen LogP contribution < -0.4 is 5.32 Å². The van der Waals surface area contributed by atoms with Gasteiger partial charge in [0, 0.05) is 11.6 Å². The number of pyridine rings is 1. The van der Waals surface area contributed by atoms with Gasteiger partial charge in [-0.15, -0.1) is 0 Å². The number of halogens is 1. The SMILES string of the molecule is Fc1cnc2[nH]cc(Nc3nc4ccccc4s3)c2c1. The highest BCUT2D eigenvalue weighted by Crippen LogP contribution is 2.30. The molecule has 4 aromatic rings. The number of fused-ring (bicyclic) bond motifs is 2. The molecular formula is C14H9FN4S. The summed E-state index contributed by atoms with van der Waals surface area (Å²) in [5.41, 5.74) is 2.37. The highest BCUT2D eigenvalue weighted by molar-refractivity contribution is 7.22. The van der Waals surface area contributed by atoms with Gasteiger partial charge in [0.2, 0.25) is 0 Å². The van der Waals surface area contributed by atoms with Crippen molar-refractivity contribution in [1.29, 1.82) is 0 Å². The third kappa shape index (κ3) is 1.81. The number of hydrogen-bond acceptors (Lipinski definition) is 4. The van der Waals surface area contributed by atoms with E-state index in [1.54, 1.807) is 17.5 Å². The van der Waals surface area contributed by atoms with Crippen LogP contribution in [0.15, 0.2) is 42.7 Å². The predicted octanol–water partition coefficient (Wildman–Crippen LogP) is 4.06. The van der Waals surface area contributed by atoms with Gasteiger partial charge >= 0.3 is 0 Å². The van der Waals surface area contributed by atoms with Crippen LogP contribution in [-0.2, 0) is 0 Å². The van der Waals surface area contributed by atoms with Gasteiger partial charge in [-0.3, -0.25) is 0 Å². The van der Waals surface area contributed by atoms with Crippen LogP contribution in [0.1, 0.15) is 0 Å². The van der Waals surface area contributed by atoms with E-state index in [1.807, 2.05) is 24.3 Å². The number of nitrogens with one attached hydrogen (secondary N) is 2. The number of nitrogens with zero attached hydrogens (tertiary/aromatic N) is 2. The molecule has 0 aliphatic heterocycles. The Bertz CT molecular complexity index is 879. The number of thiazole rings is 1. The van der Waals surface area contributed by atoms with E-state index in [2.05, 4.69) is 20.3 Å². The second kappa shape index (κ2) is 4.28. The van der Waals surface area contributed by atoms with Crippen LogP contribution in [0.2, 0.25) is 0 Å². The van der Waals surface area contributed by atoms with E-state index in [9.17, 15) is 4.39 Å². The van der Waals surface area contributed by atoms with E-state index in [0.29, 0.717) is 11.0 Å². The van der Waals surface area contributed by atoms with Crippen LogP contribution in [0.3, 0.4) is 0 Å². The van der Waals surface area contributed by atoms with E-state index in [-0.39, 0.29) is 5.82 Å². The van der Waals surface area contributed by atoms with Crippen LogP contribution in [0, 0.1) is 5.82 Å². The van der Waals surface area contributed by atoms with Crippen molar-refractivity contribution < 1.29 is 4.39 Å². The number of hydrogen-bond donors (Lipinski definition) is 2. The zero-order valence-electron chi connectivity index (χ0n) is 10.2. The second-order valence-corrected chi connectivity index (χ2v) is 5.39. The van der Waals surface area contributed by atoms with Crippen molar-refractivity contribution in [2.75, 3.05) is 5.32 Å². The summed E-state index contributed by atoms with van der Waals surface area (Å²) in [5, 5.41) is 4.70. The average molecular weight is 284 g/mol. The monoisotopic (exact) mass is 284 g/mol. The van der Waals surface area contributed by atoms with Crippen molar-refractivity contribution in [3.05, 3.63) is 48.5 Å². The molecule has 6 heteroatoms. The predicted molar refractivity (Wildman–Crippen MR) is 79.0 cm³/mol. The summed E-state index contributed by atoms with van der Waals surface area (Å²) >= 11 is 1.56. The minimum absolute atomic E-state index is 0.357. The molecule has 0 aliphatic carbocycles. The molecule has 4 nitrogen and oxygen atoms in total. The molecule has 3 aromatic heterocycles. The number of benzene rings is 1. The molecular weight excluding hydrogens is 275 g/mol. The third-order valence-electron chi connectivity index (χ3n) is 3.03. The minimum Gasteiger partial charge on any atom is -0.344 e. The van der Waals surface area contributed by atoms with Gasteiger partial charge in [0.05, 0.1) is 22.1 Å². The number of aromatic nitrogens is 3. The smallest absolute Gasteiger partial charge is 0.188 e. The lowest BCUT2D eigenvalue weighted by Gasteiger charge is -1.99. The first-order valence-electron chi connectivity index (χ1n) is 6.05. The molecule has 0 saturated carbocycles. The van der Waals surface area contributed by atoms with Crippen molar-refractivity contribution in [2.45, 2.75) is 0 Å². The van der Waals surface area contributed by atoms with Gasteiger partial charge < -0.3 is 10.3 Å². The summed E-state index contributed by atoms with van der Waals surface area (Å²) in [6.45, 7) is 0. The fraction of sp³-hybridized carbons (Fsp3) is 0. The van der Waals surface area contributed by atoms with Crippen molar-refractivity contribution in [3.63, 3.8) is 0 Å². The molecule has 1 aromatic carbocycles. The first-order chi connectivity index (χ1) is 9.79. The summed E-state index contributed by atoms with van der Waals surface area (Å²) in [5.74, 6) is -0.357. The Morgan fingerprint density at radius 3 is 3.05 bits per heavy atom. The third-order valence-corrected chi connectivity index (χ3v) is 3.99. The van der Waals surface area contributed by atoms with Crippen LogP contribution in [0.25, 0.3) is 21.3 Å². The minimum atomic E-state index is -0.357. The maximum absolute atomic E-state index is 13.3. The molecule has 0 bridgehead atoms. The summed E-state index contributed by atoms with van der Waals surface area (Å²) < 4.78 is 14.4. The molecule has 0 fully saturated rings. The molecule has 3 heterocycles. The normalized spacial score (nSPS) is 11.2. The molecule has 4 rings (SSSR count). The molecule has 0 saturated heterocycles. The average Bonchev–Trinajstić information content (AvgIpc) is 3.03. The van der Waals surface area contributed by atoms with Crippen LogP contribution in [-0.4, -0.2) is 15.0 Å². The molecule has 0 amide bonds. The van der Waals surface area contributed by atoms with Gasteiger partial charge in [0.15, 0.2) is 5.13 Å². The molecule has 98 valence electrons. The number of aromatic amines is 1. The number of para-hydroxylation sites is 1. The van der Waals surface area contributed by atoms with Crippen molar-refractivity contribution in [1.82, 2.24) is 15.0 Å². The van der Waals surface area contributed by atoms with Gasteiger partial charge in [0.1, 0.15) is 11.5 Å². The molecule has 0 atom stereocenters. The van der Waals surface area contributed by atoms with Gasteiger partial charge in [-0.1, -0.05) is 23.5 Å². The van der Waals surface area contributed by atoms with Gasteiger partial charge in [0.25, 0.3) is 0 Å². The Balaban J connectivity index is 1.78. The van der Waals surface area contributed by atoms with Crippen molar-refractivity contribution >= 4 is 43.4 Å². The van der Waals surface area contributed by atoms with E-state index >= 15 is 0 Å². The summed E-state index contributed by atoms with van der Waals surface area (Å²) in [6.07, 6.45) is 2.96. The van der Waals surface area contributed by atoms with E-state index < -0.39 is 0 Å². The second-order valence-electron chi connectivity index (χ2n) is 4.36. The largest absolute Gasteiger partial charge is 0.344 e. The molecule has 0 radical (unpaired) electrons. The highest BCUT2D eigenvalue weighted by atomic mass is 32.1. The zero-order valence-corrected chi connectivity index (χ0v) is 11.0. The lowest BCUT2D eigenvalue weighted by molar-refractivity contribution is 0.624. The van der Waals surface area contributed by atoms with Crippen molar-refractivity contribution in [2.24, 2.45) is 0 Å². The van der Waals surface area contributed by atoms with E-state index in [4.69, 9.17) is 0 Å². The lowest BCUT2D eigenvalue weighted by atomic mass is 10.3. The fourth-order valence-corrected chi connectivity index (χ4v) is 3.00. The molecule has 20 heavy (non-hydrogen) atoms. The molecule has 0 aliphatic rings. The summed E-state index contributed by atoms with van der Waals surface area (Å²) in [7, 11) is 0. The van der Waals surface area contributed by atoms with E-state index in [0.717, 1.165) is 21.0 Å². The standard InChI is InChI=1S/C14H9FN4S/c15-8-5-9-11(7-17-13(9)16-6-8)19-14-18-10-3-1-2-4-12(10)20-14/h1-7H,(H,16,17)(H,18,19). The van der Waals surface area contributed by atoms with Crippen molar-refractivity contribution in [3.8, 4) is 0 Å². The number of H-pyrrole nitrogens is 1. The van der Waals surface area contributed by atoms with Crippen LogP contribution in [0.4, 0.5) is 15.2 Å². The Morgan fingerprint density at radius 2 is 2.15 bits per heavy atom. The van der Waals surface area contributed by atoms with Gasteiger partial charge in [-0.05, 0) is 18.2 Å². The quantitative estimate of drug-likeness (QED) is 0.583. The Labute approximate surface area is 117 Å². The van der Waals surface area contributed by atoms with Crippen LogP contribution in [0.5, 0.6) is 0 Å². The van der Waals surface area contributed by atoms with E-state index in [1.165, 1.54) is 12.3 Å². The number of anilines is 2. The van der Waals surface area contributed by atoms with Gasteiger partial charge in [-0.25, -0.2) is 14.4 Å². The first kappa shape index (κ1) is 11.4. The molecule has 2 N–H and O–H groups in total. The molecule has 0 spiro atoms. The Morgan fingerprint density at radius 1 is 1.25 bits per heavy atom. The zero-order chi connectivity index (χ0) is 13.5. The molecule has 0 unspecified atom stereocenters. The fourth-order valence-electron chi connectivity index (χ4n) is 2.12. The maximum atomic E-state index is 13.3. The van der Waals surface area contributed by atoms with Crippen LogP contribution >= 0.6 is 11.3 Å². The highest BCUT2D eigenvalue weighted by Gasteiger charge is 2.09. The Kier molecular flexibility index (Phi) is 2.43. The topological polar surface area (TPSA) is 53.6 Å². The first-order valence-corrected chi connectivity index (χ1v) is 6.86.